The Morgan fingerprint density at radius 3 is 2.78 bits per heavy atom. The summed E-state index contributed by atoms with van der Waals surface area (Å²) in [7, 11) is -4.75. The molecule has 1 aliphatic rings. The van der Waals surface area contributed by atoms with Crippen LogP contribution in [-0.2, 0) is 15.0 Å². The maximum absolute atomic E-state index is 12.8. The van der Waals surface area contributed by atoms with Gasteiger partial charge in [-0.05, 0) is 12.1 Å². The van der Waals surface area contributed by atoms with Gasteiger partial charge >= 0.3 is 10.2 Å². The van der Waals surface area contributed by atoms with E-state index < -0.39 is 27.8 Å². The summed E-state index contributed by atoms with van der Waals surface area (Å²) < 4.78 is 34.3. The Bertz CT molecular complexity index is 638. The Labute approximate surface area is 103 Å². The average Bonchev–Trinajstić information content (AvgIpc) is 2.71. The molecule has 1 aliphatic heterocycles. The summed E-state index contributed by atoms with van der Waals surface area (Å²) in [5, 5.41) is 7.32. The molecule has 2 heterocycles. The highest BCUT2D eigenvalue weighted by Crippen LogP contribution is 2.24. The quantitative estimate of drug-likeness (QED) is 0.723. The Kier molecular flexibility index (Phi) is 3.00. The highest BCUT2D eigenvalue weighted by Gasteiger charge is 2.39. The van der Waals surface area contributed by atoms with Crippen LogP contribution < -0.4 is 4.90 Å². The number of carbonyl (C=O) groups is 1. The second-order valence-electron chi connectivity index (χ2n) is 3.80. The van der Waals surface area contributed by atoms with Crippen LogP contribution in [-0.4, -0.2) is 31.1 Å². The van der Waals surface area contributed by atoms with Gasteiger partial charge in [-0.1, -0.05) is 6.07 Å². The molecule has 0 bridgehead atoms. The molecule has 1 fully saturated rings. The maximum atomic E-state index is 12.8. The van der Waals surface area contributed by atoms with Gasteiger partial charge in [0.25, 0.3) is 0 Å². The van der Waals surface area contributed by atoms with Crippen molar-refractivity contribution in [2.24, 2.45) is 0 Å². The summed E-state index contributed by atoms with van der Waals surface area (Å²) in [5.74, 6) is -0.367. The van der Waals surface area contributed by atoms with Crippen molar-refractivity contribution in [1.82, 2.24) is 4.98 Å². The minimum atomic E-state index is -4.75. The van der Waals surface area contributed by atoms with E-state index in [-0.39, 0.29) is 18.1 Å². The lowest BCUT2D eigenvalue weighted by atomic mass is 10.3. The first-order valence-corrected chi connectivity index (χ1v) is 6.47. The third kappa shape index (κ3) is 2.31. The number of hydrogen-bond donors (Lipinski definition) is 0. The molecule has 0 saturated carbocycles. The molecule has 1 amide bonds. The SMILES string of the molecule is N#Cc1cccc(N2CC(S(=O)(=O)F)CC2=O)n1. The third-order valence-electron chi connectivity index (χ3n) is 2.61. The van der Waals surface area contributed by atoms with Gasteiger partial charge in [-0.2, -0.15) is 13.7 Å². The van der Waals surface area contributed by atoms with Crippen LogP contribution in [0.3, 0.4) is 0 Å². The van der Waals surface area contributed by atoms with E-state index in [1.165, 1.54) is 18.2 Å². The Balaban J connectivity index is 2.30. The number of amides is 1. The average molecular weight is 269 g/mol. The summed E-state index contributed by atoms with van der Waals surface area (Å²) in [6.07, 6.45) is -0.405. The van der Waals surface area contributed by atoms with Crippen molar-refractivity contribution < 1.29 is 17.1 Å². The highest BCUT2D eigenvalue weighted by atomic mass is 32.3. The van der Waals surface area contributed by atoms with Gasteiger partial charge in [-0.15, -0.1) is 3.89 Å². The van der Waals surface area contributed by atoms with Crippen LogP contribution in [0.25, 0.3) is 0 Å². The predicted molar refractivity (Wildman–Crippen MR) is 59.7 cm³/mol. The molecule has 1 aromatic rings. The van der Waals surface area contributed by atoms with Crippen LogP contribution in [0.2, 0.25) is 0 Å². The van der Waals surface area contributed by atoms with E-state index in [0.29, 0.717) is 0 Å². The summed E-state index contributed by atoms with van der Waals surface area (Å²) >= 11 is 0. The lowest BCUT2D eigenvalue weighted by Gasteiger charge is -2.14. The van der Waals surface area contributed by atoms with Crippen molar-refractivity contribution in [2.45, 2.75) is 11.7 Å². The lowest BCUT2D eigenvalue weighted by Crippen LogP contribution is -2.27. The van der Waals surface area contributed by atoms with Crippen molar-refractivity contribution in [3.63, 3.8) is 0 Å². The fraction of sp³-hybridized carbons (Fsp3) is 0.300. The number of nitriles is 1. The van der Waals surface area contributed by atoms with Crippen LogP contribution in [0.1, 0.15) is 12.1 Å². The Hall–Kier alpha value is -2.01. The van der Waals surface area contributed by atoms with Gasteiger partial charge in [-0.25, -0.2) is 4.98 Å². The zero-order valence-corrected chi connectivity index (χ0v) is 9.89. The van der Waals surface area contributed by atoms with E-state index in [4.69, 9.17) is 5.26 Å². The predicted octanol–water partition coefficient (Wildman–Crippen LogP) is 0.358. The van der Waals surface area contributed by atoms with Crippen LogP contribution in [0.4, 0.5) is 9.70 Å². The number of pyridine rings is 1. The van der Waals surface area contributed by atoms with Gasteiger partial charge in [-0.3, -0.25) is 9.69 Å². The van der Waals surface area contributed by atoms with Gasteiger partial charge < -0.3 is 0 Å². The van der Waals surface area contributed by atoms with Crippen LogP contribution in [0.5, 0.6) is 0 Å². The summed E-state index contributed by atoms with van der Waals surface area (Å²) in [4.78, 5) is 16.5. The molecule has 2 rings (SSSR count). The zero-order valence-electron chi connectivity index (χ0n) is 9.08. The topological polar surface area (TPSA) is 91.1 Å². The van der Waals surface area contributed by atoms with Gasteiger partial charge in [0.1, 0.15) is 22.8 Å². The Morgan fingerprint density at radius 1 is 1.50 bits per heavy atom. The maximum Gasteiger partial charge on any atom is 0.307 e. The molecule has 0 spiro atoms. The molecular formula is C10H8FN3O3S. The normalized spacial score (nSPS) is 19.9. The second-order valence-corrected chi connectivity index (χ2v) is 5.42. The summed E-state index contributed by atoms with van der Waals surface area (Å²) in [6, 6.07) is 6.24. The molecule has 1 atom stereocenters. The first-order valence-electron chi connectivity index (χ1n) is 5.03. The van der Waals surface area contributed by atoms with E-state index in [1.807, 2.05) is 0 Å². The van der Waals surface area contributed by atoms with Crippen molar-refractivity contribution >= 4 is 21.9 Å². The monoisotopic (exact) mass is 269 g/mol. The van der Waals surface area contributed by atoms with E-state index in [9.17, 15) is 17.1 Å². The second kappa shape index (κ2) is 4.34. The number of carbonyl (C=O) groups excluding carboxylic acids is 1. The van der Waals surface area contributed by atoms with E-state index in [0.717, 1.165) is 4.90 Å². The number of aromatic nitrogens is 1. The minimum Gasteiger partial charge on any atom is -0.295 e. The first-order chi connectivity index (χ1) is 8.41. The molecule has 0 aromatic carbocycles. The highest BCUT2D eigenvalue weighted by molar-refractivity contribution is 7.87. The molecule has 1 unspecified atom stereocenters. The van der Waals surface area contributed by atoms with Crippen molar-refractivity contribution in [1.29, 1.82) is 5.26 Å². The molecule has 0 N–H and O–H groups in total. The number of rotatable bonds is 2. The summed E-state index contributed by atoms with van der Waals surface area (Å²) in [6.45, 7) is -0.278. The standard InChI is InChI=1S/C10H8FN3O3S/c11-18(16,17)8-4-10(15)14(6-8)9-3-1-2-7(5-12)13-9/h1-3,8H,4,6H2. The molecule has 1 aromatic heterocycles. The Morgan fingerprint density at radius 2 is 2.22 bits per heavy atom. The fourth-order valence-electron chi connectivity index (χ4n) is 1.72. The lowest BCUT2D eigenvalue weighted by molar-refractivity contribution is -0.117. The van der Waals surface area contributed by atoms with E-state index in [1.54, 1.807) is 6.07 Å². The molecule has 18 heavy (non-hydrogen) atoms. The van der Waals surface area contributed by atoms with Gasteiger partial charge in [0.15, 0.2) is 0 Å². The van der Waals surface area contributed by atoms with E-state index >= 15 is 0 Å². The molecule has 6 nitrogen and oxygen atoms in total. The number of hydrogen-bond acceptors (Lipinski definition) is 5. The van der Waals surface area contributed by atoms with Crippen LogP contribution in [0.15, 0.2) is 18.2 Å². The van der Waals surface area contributed by atoms with Gasteiger partial charge in [0.2, 0.25) is 5.91 Å². The van der Waals surface area contributed by atoms with Crippen LogP contribution >= 0.6 is 0 Å². The van der Waals surface area contributed by atoms with Gasteiger partial charge in [0, 0.05) is 13.0 Å². The molecule has 8 heteroatoms. The van der Waals surface area contributed by atoms with Crippen LogP contribution in [0, 0.1) is 11.3 Å². The smallest absolute Gasteiger partial charge is 0.295 e. The molecule has 0 radical (unpaired) electrons. The van der Waals surface area contributed by atoms with Crippen molar-refractivity contribution in [3.8, 4) is 6.07 Å². The minimum absolute atomic E-state index is 0.104. The largest absolute Gasteiger partial charge is 0.307 e. The van der Waals surface area contributed by atoms with Crippen molar-refractivity contribution in [3.05, 3.63) is 23.9 Å². The molecule has 1 saturated heterocycles. The third-order valence-corrected chi connectivity index (χ3v) is 3.73. The van der Waals surface area contributed by atoms with Crippen molar-refractivity contribution in [2.75, 3.05) is 11.4 Å². The number of nitrogens with zero attached hydrogens (tertiary/aromatic N) is 3. The zero-order chi connectivity index (χ0) is 13.3. The number of halogens is 1. The number of anilines is 1. The van der Waals surface area contributed by atoms with E-state index in [2.05, 4.69) is 4.98 Å². The van der Waals surface area contributed by atoms with Gasteiger partial charge in [0.05, 0.1) is 0 Å². The first kappa shape index (κ1) is 12.4. The fourth-order valence-corrected chi connectivity index (χ4v) is 2.39. The molecule has 94 valence electrons. The summed E-state index contributed by atoms with van der Waals surface area (Å²) in [5.41, 5.74) is 0.104. The molecular weight excluding hydrogens is 261 g/mol. The molecule has 0 aliphatic carbocycles.